The second-order valence-electron chi connectivity index (χ2n) is 4.10. The largest absolute Gasteiger partial charge is 0.317 e. The Morgan fingerprint density at radius 1 is 1.12 bits per heavy atom. The van der Waals surface area contributed by atoms with Gasteiger partial charge in [-0.05, 0) is 22.1 Å². The van der Waals surface area contributed by atoms with Gasteiger partial charge in [-0.15, -0.1) is 0 Å². The fourth-order valence-corrected chi connectivity index (χ4v) is 2.45. The van der Waals surface area contributed by atoms with Crippen molar-refractivity contribution in [2.45, 2.75) is 6.04 Å². The lowest BCUT2D eigenvalue weighted by atomic mass is 9.95. The summed E-state index contributed by atoms with van der Waals surface area (Å²) in [6, 6.07) is 8.26. The maximum Gasteiger partial charge on any atom is 0.257 e. The summed E-state index contributed by atoms with van der Waals surface area (Å²) in [6.07, 6.45) is 8.28. The minimum atomic E-state index is 0.0937. The van der Waals surface area contributed by atoms with Crippen LogP contribution in [0.15, 0.2) is 59.1 Å². The van der Waals surface area contributed by atoms with Gasteiger partial charge in [-0.25, -0.2) is 0 Å². The normalized spacial score (nSPS) is 23.3. The first-order chi connectivity index (χ1) is 8.45. The quantitative estimate of drug-likeness (QED) is 0.658. The van der Waals surface area contributed by atoms with E-state index in [2.05, 4.69) is 28.7 Å². The molecule has 82 valence electrons. The Morgan fingerprint density at radius 3 is 2.94 bits per heavy atom. The molecule has 1 unspecified atom stereocenters. The van der Waals surface area contributed by atoms with Gasteiger partial charge in [0.05, 0.1) is 5.28 Å². The number of benzene rings is 1. The number of allylic oxidation sites excluding steroid dienone is 2. The predicted molar refractivity (Wildman–Crippen MR) is 62.4 cm³/mol. The van der Waals surface area contributed by atoms with Crippen molar-refractivity contribution in [3.05, 3.63) is 59.0 Å². The Kier molecular flexibility index (Phi) is 1.58. The average molecular weight is 223 g/mol. The second-order valence-corrected chi connectivity index (χ2v) is 4.10. The minimum absolute atomic E-state index is 0.0937. The van der Waals surface area contributed by atoms with Crippen LogP contribution in [0.2, 0.25) is 0 Å². The van der Waals surface area contributed by atoms with E-state index in [1.807, 2.05) is 35.4 Å². The third-order valence-corrected chi connectivity index (χ3v) is 3.20. The molecular weight excluding hydrogens is 214 g/mol. The third kappa shape index (κ3) is 1.07. The van der Waals surface area contributed by atoms with Crippen LogP contribution < -0.4 is 10.4 Å². The lowest BCUT2D eigenvalue weighted by Crippen LogP contribution is -2.44. The monoisotopic (exact) mass is 223 g/mol. The molecule has 0 saturated heterocycles. The van der Waals surface area contributed by atoms with Crippen LogP contribution in [0.1, 0.15) is 0 Å². The number of fused-ring (bicyclic) bond motifs is 4. The van der Waals surface area contributed by atoms with Crippen LogP contribution in [-0.4, -0.2) is 11.1 Å². The predicted octanol–water partition coefficient (Wildman–Crippen LogP) is 1.03. The molecule has 1 atom stereocenters. The molecule has 1 aromatic rings. The van der Waals surface area contributed by atoms with Gasteiger partial charge in [-0.1, -0.05) is 42.5 Å². The second kappa shape index (κ2) is 3.07. The molecule has 17 heavy (non-hydrogen) atoms. The Bertz CT molecular complexity index is 700. The molecule has 4 rings (SSSR count). The third-order valence-electron chi connectivity index (χ3n) is 3.20. The van der Waals surface area contributed by atoms with E-state index in [9.17, 15) is 0 Å². The standard InChI is InChI=1S/C13H9N3O/c1-2-7-11-9(5-1)10-6-3-4-8-12(10)16-13(11)17-15-14-16/h1-8,12H. The van der Waals surface area contributed by atoms with Gasteiger partial charge < -0.3 is 4.84 Å². The van der Waals surface area contributed by atoms with Crippen LogP contribution in [0.25, 0.3) is 11.5 Å². The van der Waals surface area contributed by atoms with E-state index in [1.54, 1.807) is 0 Å². The highest BCUT2D eigenvalue weighted by Gasteiger charge is 2.32. The molecule has 4 nitrogen and oxygen atoms in total. The summed E-state index contributed by atoms with van der Waals surface area (Å²) < 4.78 is 0. The van der Waals surface area contributed by atoms with Crippen molar-refractivity contribution in [3.8, 4) is 0 Å². The van der Waals surface area contributed by atoms with Crippen LogP contribution in [0.4, 0.5) is 0 Å². The molecule has 4 heteroatoms. The Labute approximate surface area is 97.5 Å². The number of rotatable bonds is 0. The highest BCUT2D eigenvalue weighted by molar-refractivity contribution is 5.70. The number of nitrogens with zero attached hydrogens (tertiary/aromatic N) is 3. The fourth-order valence-electron chi connectivity index (χ4n) is 2.45. The summed E-state index contributed by atoms with van der Waals surface area (Å²) >= 11 is 0. The van der Waals surface area contributed by atoms with Crippen LogP contribution in [0.3, 0.4) is 0 Å². The molecule has 0 aromatic heterocycles. The molecule has 0 spiro atoms. The van der Waals surface area contributed by atoms with Crippen molar-refractivity contribution in [3.63, 3.8) is 0 Å². The first kappa shape index (κ1) is 8.75. The highest BCUT2D eigenvalue weighted by atomic mass is 16.7. The molecule has 0 fully saturated rings. The molecule has 0 amide bonds. The van der Waals surface area contributed by atoms with Gasteiger partial charge in [0, 0.05) is 5.22 Å². The molecule has 2 aliphatic heterocycles. The summed E-state index contributed by atoms with van der Waals surface area (Å²) in [5.41, 5.74) is 1.23. The molecule has 2 heterocycles. The Morgan fingerprint density at radius 2 is 2.00 bits per heavy atom. The van der Waals surface area contributed by atoms with Gasteiger partial charge >= 0.3 is 0 Å². The number of hydrogen-bond acceptors (Lipinski definition) is 4. The van der Waals surface area contributed by atoms with Crippen LogP contribution >= 0.6 is 0 Å². The van der Waals surface area contributed by atoms with Crippen LogP contribution in [0, 0.1) is 0 Å². The van der Waals surface area contributed by atoms with Gasteiger partial charge in [-0.3, -0.25) is 0 Å². The lowest BCUT2D eigenvalue weighted by Gasteiger charge is -2.27. The van der Waals surface area contributed by atoms with Gasteiger partial charge in [0.25, 0.3) is 5.88 Å². The number of hydrogen-bond donors (Lipinski definition) is 0. The lowest BCUT2D eigenvalue weighted by molar-refractivity contribution is 0.269. The summed E-state index contributed by atoms with van der Waals surface area (Å²) in [5, 5.41) is 11.7. The summed E-state index contributed by atoms with van der Waals surface area (Å²) in [7, 11) is 0. The van der Waals surface area contributed by atoms with E-state index in [-0.39, 0.29) is 6.04 Å². The summed E-state index contributed by atoms with van der Waals surface area (Å²) in [5.74, 6) is 0.717. The van der Waals surface area contributed by atoms with E-state index in [1.165, 1.54) is 10.8 Å². The molecule has 0 saturated carbocycles. The van der Waals surface area contributed by atoms with Crippen LogP contribution in [-0.2, 0) is 4.84 Å². The smallest absolute Gasteiger partial charge is 0.257 e. The van der Waals surface area contributed by atoms with Crippen molar-refractivity contribution < 1.29 is 4.84 Å². The van der Waals surface area contributed by atoms with Crippen LogP contribution in [0.5, 0.6) is 0 Å². The topological polar surface area (TPSA) is 37.2 Å². The summed E-state index contributed by atoms with van der Waals surface area (Å²) in [4.78, 5) is 5.26. The van der Waals surface area contributed by atoms with Crippen molar-refractivity contribution in [1.82, 2.24) is 5.01 Å². The fraction of sp³-hybridized carbons (Fsp3) is 0.0769. The van der Waals surface area contributed by atoms with E-state index in [4.69, 9.17) is 4.84 Å². The molecule has 0 N–H and O–H groups in total. The first-order valence-electron chi connectivity index (χ1n) is 5.51. The zero-order chi connectivity index (χ0) is 11.2. The Balaban J connectivity index is 2.18. The minimum Gasteiger partial charge on any atom is -0.317 e. The maximum absolute atomic E-state index is 5.26. The van der Waals surface area contributed by atoms with Gasteiger partial charge in [-0.2, -0.15) is 5.01 Å². The van der Waals surface area contributed by atoms with Crippen molar-refractivity contribution in [2.24, 2.45) is 10.5 Å². The molecule has 0 radical (unpaired) electrons. The molecule has 3 aliphatic rings. The Hall–Kier alpha value is -2.36. The SMILES string of the molecule is C1=CC2=c3ccccc3=C3ON=NN3C2C=C1. The average Bonchev–Trinajstić information content (AvgIpc) is 2.89. The van der Waals surface area contributed by atoms with Crippen molar-refractivity contribution in [1.29, 1.82) is 0 Å². The van der Waals surface area contributed by atoms with Gasteiger partial charge in [0.1, 0.15) is 6.04 Å². The first-order valence-corrected chi connectivity index (χ1v) is 5.51. The van der Waals surface area contributed by atoms with E-state index in [0.717, 1.165) is 5.22 Å². The zero-order valence-electron chi connectivity index (χ0n) is 8.95. The van der Waals surface area contributed by atoms with E-state index < -0.39 is 0 Å². The van der Waals surface area contributed by atoms with Gasteiger partial charge in [0.2, 0.25) is 0 Å². The van der Waals surface area contributed by atoms with Gasteiger partial charge in [0.15, 0.2) is 0 Å². The highest BCUT2D eigenvalue weighted by Crippen LogP contribution is 2.28. The molecule has 0 bridgehead atoms. The maximum atomic E-state index is 5.26. The molecule has 1 aromatic carbocycles. The zero-order valence-corrected chi connectivity index (χ0v) is 8.95. The van der Waals surface area contributed by atoms with Crippen molar-refractivity contribution >= 4 is 11.5 Å². The van der Waals surface area contributed by atoms with E-state index >= 15 is 0 Å². The van der Waals surface area contributed by atoms with E-state index in [0.29, 0.717) is 5.88 Å². The molecule has 1 aliphatic carbocycles. The molecular formula is C13H9N3O. The van der Waals surface area contributed by atoms with Crippen molar-refractivity contribution in [2.75, 3.05) is 0 Å². The summed E-state index contributed by atoms with van der Waals surface area (Å²) in [6.45, 7) is 0.